The van der Waals surface area contributed by atoms with Gasteiger partial charge in [0.05, 0.1) is 0 Å². The zero-order valence-electron chi connectivity index (χ0n) is 4.89. The fraction of sp³-hybridized carbons (Fsp3) is 0.429. The van der Waals surface area contributed by atoms with Gasteiger partial charge in [0.1, 0.15) is 0 Å². The molecule has 0 N–H and O–H groups in total. The van der Waals surface area contributed by atoms with Crippen molar-refractivity contribution in [2.75, 3.05) is 0 Å². The summed E-state index contributed by atoms with van der Waals surface area (Å²) in [6, 6.07) is 0. The molecule has 1 aliphatic carbocycles. The Kier molecular flexibility index (Phi) is 2.11. The maximum absolute atomic E-state index is 2.46. The molecule has 0 aromatic rings. The van der Waals surface area contributed by atoms with E-state index in [1.807, 2.05) is 0 Å². The van der Waals surface area contributed by atoms with Crippen molar-refractivity contribution in [1.82, 2.24) is 0 Å². The summed E-state index contributed by atoms with van der Waals surface area (Å²) in [4.78, 5) is 0. The van der Waals surface area contributed by atoms with Crippen LogP contribution in [0.2, 0.25) is 0 Å². The highest BCUT2D eigenvalue weighted by Crippen LogP contribution is 2.19. The van der Waals surface area contributed by atoms with E-state index in [4.69, 9.17) is 0 Å². The molecule has 1 rings (SSSR count). The molecule has 8 heavy (non-hydrogen) atoms. The van der Waals surface area contributed by atoms with E-state index in [0.717, 1.165) is 3.92 Å². The lowest BCUT2D eigenvalue weighted by Crippen LogP contribution is -1.99. The van der Waals surface area contributed by atoms with Crippen molar-refractivity contribution in [2.45, 2.75) is 17.3 Å². The molecular formula is C7H9I. The summed E-state index contributed by atoms with van der Waals surface area (Å²) in [6.07, 6.45) is 7.73. The molecular weight excluding hydrogens is 211 g/mol. The van der Waals surface area contributed by atoms with Gasteiger partial charge in [0, 0.05) is 3.92 Å². The van der Waals surface area contributed by atoms with E-state index < -0.39 is 0 Å². The average molecular weight is 220 g/mol. The van der Waals surface area contributed by atoms with Crippen molar-refractivity contribution in [2.24, 2.45) is 0 Å². The molecule has 0 spiro atoms. The quantitative estimate of drug-likeness (QED) is 0.435. The fourth-order valence-electron chi connectivity index (χ4n) is 0.708. The van der Waals surface area contributed by atoms with Crippen LogP contribution in [-0.4, -0.2) is 3.92 Å². The van der Waals surface area contributed by atoms with Crippen molar-refractivity contribution >= 4 is 22.6 Å². The van der Waals surface area contributed by atoms with Gasteiger partial charge in [0.15, 0.2) is 0 Å². The van der Waals surface area contributed by atoms with E-state index in [9.17, 15) is 0 Å². The molecule has 0 nitrogen and oxygen atoms in total. The third-order valence-electron chi connectivity index (χ3n) is 1.33. The summed E-state index contributed by atoms with van der Waals surface area (Å²) in [5.41, 5.74) is 1.49. The van der Waals surface area contributed by atoms with E-state index in [2.05, 4.69) is 47.7 Å². The lowest BCUT2D eigenvalue weighted by molar-refractivity contribution is 1.02. The van der Waals surface area contributed by atoms with Crippen LogP contribution in [0.3, 0.4) is 0 Å². The molecule has 1 atom stereocenters. The van der Waals surface area contributed by atoms with Gasteiger partial charge in [0.25, 0.3) is 0 Å². The molecule has 0 aromatic heterocycles. The first kappa shape index (κ1) is 6.33. The van der Waals surface area contributed by atoms with Crippen LogP contribution in [0.1, 0.15) is 13.3 Å². The van der Waals surface area contributed by atoms with E-state index in [0.29, 0.717) is 0 Å². The third-order valence-corrected chi connectivity index (χ3v) is 2.82. The summed E-state index contributed by atoms with van der Waals surface area (Å²) in [6.45, 7) is 2.18. The number of hydrogen-bond acceptors (Lipinski definition) is 0. The summed E-state index contributed by atoms with van der Waals surface area (Å²) in [5.74, 6) is 0. The Hall–Kier alpha value is 0.210. The lowest BCUT2D eigenvalue weighted by Gasteiger charge is -2.09. The minimum Gasteiger partial charge on any atom is -0.0832 e. The smallest absolute Gasteiger partial charge is 0.0353 e. The maximum Gasteiger partial charge on any atom is 0.0353 e. The van der Waals surface area contributed by atoms with Crippen LogP contribution in [-0.2, 0) is 0 Å². The largest absolute Gasteiger partial charge is 0.0832 e. The van der Waals surface area contributed by atoms with Crippen LogP contribution in [0.15, 0.2) is 23.8 Å². The van der Waals surface area contributed by atoms with E-state index >= 15 is 0 Å². The number of rotatable bonds is 0. The second-order valence-electron chi connectivity index (χ2n) is 2.04. The molecule has 0 saturated carbocycles. The molecule has 0 radical (unpaired) electrons. The SMILES string of the molecule is CC1=CC=CCC1I. The molecule has 0 heterocycles. The highest BCUT2D eigenvalue weighted by Gasteiger charge is 2.04. The molecule has 0 saturated heterocycles. The second-order valence-corrected chi connectivity index (χ2v) is 3.55. The van der Waals surface area contributed by atoms with Gasteiger partial charge >= 0.3 is 0 Å². The Labute approximate surface area is 63.8 Å². The summed E-state index contributed by atoms with van der Waals surface area (Å²) in [5, 5.41) is 0. The predicted octanol–water partition coefficient (Wildman–Crippen LogP) is 2.70. The topological polar surface area (TPSA) is 0 Å². The van der Waals surface area contributed by atoms with E-state index in [-0.39, 0.29) is 0 Å². The zero-order chi connectivity index (χ0) is 5.98. The Balaban J connectivity index is 2.66. The normalized spacial score (nSPS) is 27.8. The Morgan fingerprint density at radius 3 is 2.88 bits per heavy atom. The second kappa shape index (κ2) is 2.67. The standard InChI is InChI=1S/C7H9I/c1-6-4-2-3-5-7(6)8/h2-4,7H,5H2,1H3. The molecule has 0 aliphatic heterocycles. The van der Waals surface area contributed by atoms with Crippen LogP contribution >= 0.6 is 22.6 Å². The number of alkyl halides is 1. The van der Waals surface area contributed by atoms with Crippen molar-refractivity contribution < 1.29 is 0 Å². The van der Waals surface area contributed by atoms with Gasteiger partial charge in [-0.1, -0.05) is 46.4 Å². The Morgan fingerprint density at radius 1 is 1.75 bits per heavy atom. The van der Waals surface area contributed by atoms with Gasteiger partial charge in [-0.3, -0.25) is 0 Å². The average Bonchev–Trinajstić information content (AvgIpc) is 1.77. The minimum atomic E-state index is 0.748. The van der Waals surface area contributed by atoms with Crippen molar-refractivity contribution in [3.05, 3.63) is 23.8 Å². The molecule has 44 valence electrons. The third kappa shape index (κ3) is 1.34. The molecule has 1 heteroatoms. The summed E-state index contributed by atoms with van der Waals surface area (Å²) in [7, 11) is 0. The number of hydrogen-bond donors (Lipinski definition) is 0. The van der Waals surface area contributed by atoms with Crippen LogP contribution in [0.5, 0.6) is 0 Å². The Morgan fingerprint density at radius 2 is 2.50 bits per heavy atom. The highest BCUT2D eigenvalue weighted by atomic mass is 127. The van der Waals surface area contributed by atoms with Crippen LogP contribution < -0.4 is 0 Å². The zero-order valence-corrected chi connectivity index (χ0v) is 7.05. The first-order valence-corrected chi connectivity index (χ1v) is 4.02. The van der Waals surface area contributed by atoms with Crippen molar-refractivity contribution in [1.29, 1.82) is 0 Å². The molecule has 0 amide bonds. The molecule has 0 fully saturated rings. The maximum atomic E-state index is 2.46. The Bertz CT molecular complexity index is 133. The van der Waals surface area contributed by atoms with Crippen LogP contribution in [0.25, 0.3) is 0 Å². The summed E-state index contributed by atoms with van der Waals surface area (Å²) < 4.78 is 0.748. The van der Waals surface area contributed by atoms with Crippen LogP contribution in [0, 0.1) is 0 Å². The molecule has 0 aromatic carbocycles. The van der Waals surface area contributed by atoms with Gasteiger partial charge < -0.3 is 0 Å². The molecule has 1 aliphatic rings. The molecule has 0 bridgehead atoms. The van der Waals surface area contributed by atoms with E-state index in [1.54, 1.807) is 0 Å². The van der Waals surface area contributed by atoms with Gasteiger partial charge in [-0.25, -0.2) is 0 Å². The van der Waals surface area contributed by atoms with Crippen LogP contribution in [0.4, 0.5) is 0 Å². The highest BCUT2D eigenvalue weighted by molar-refractivity contribution is 14.1. The predicted molar refractivity (Wildman–Crippen MR) is 45.3 cm³/mol. The van der Waals surface area contributed by atoms with E-state index in [1.165, 1.54) is 12.0 Å². The van der Waals surface area contributed by atoms with Crippen molar-refractivity contribution in [3.63, 3.8) is 0 Å². The first-order valence-electron chi connectivity index (χ1n) is 2.78. The first-order chi connectivity index (χ1) is 3.80. The summed E-state index contributed by atoms with van der Waals surface area (Å²) >= 11 is 2.46. The van der Waals surface area contributed by atoms with Gasteiger partial charge in [-0.05, 0) is 13.3 Å². The fourth-order valence-corrected chi connectivity index (χ4v) is 1.21. The minimum absolute atomic E-state index is 0.748. The van der Waals surface area contributed by atoms with Gasteiger partial charge in [-0.15, -0.1) is 0 Å². The molecule has 1 unspecified atom stereocenters. The van der Waals surface area contributed by atoms with Gasteiger partial charge in [0.2, 0.25) is 0 Å². The number of allylic oxidation sites excluding steroid dienone is 4. The van der Waals surface area contributed by atoms with Crippen molar-refractivity contribution in [3.8, 4) is 0 Å². The lowest BCUT2D eigenvalue weighted by atomic mass is 10.1. The van der Waals surface area contributed by atoms with Gasteiger partial charge in [-0.2, -0.15) is 0 Å². The number of halogens is 1. The monoisotopic (exact) mass is 220 g/mol.